The molecule has 0 amide bonds. The van der Waals surface area contributed by atoms with Crippen LogP contribution in [-0.2, 0) is 13.1 Å². The predicted octanol–water partition coefficient (Wildman–Crippen LogP) is 4.53. The first kappa shape index (κ1) is 17.5. The van der Waals surface area contributed by atoms with Crippen LogP contribution >= 0.6 is 0 Å². The number of nitrogens with zero attached hydrogens (tertiary/aromatic N) is 4. The molecule has 0 saturated carbocycles. The Morgan fingerprint density at radius 1 is 1.11 bits per heavy atom. The lowest BCUT2D eigenvalue weighted by molar-refractivity contribution is 0.402. The van der Waals surface area contributed by atoms with Gasteiger partial charge in [-0.1, -0.05) is 13.0 Å². The molecule has 2 aromatic carbocycles. The van der Waals surface area contributed by atoms with Crippen molar-refractivity contribution in [2.45, 2.75) is 26.4 Å². The maximum Gasteiger partial charge on any atom is 0.302 e. The van der Waals surface area contributed by atoms with E-state index in [0.717, 1.165) is 30.5 Å². The SMILES string of the molecule is CCCn1c(Nc2nc3cc(CN(C)C)ccc3o2)nc2cc(F)ccc21. The standard InChI is InChI=1S/C20H22FN5O/c1-4-9-26-17-7-6-14(21)11-15(17)22-19(26)24-20-23-16-10-13(12-25(2)3)5-8-18(16)27-20/h5-8,10-11H,4,9,12H2,1-3H3,(H,22,23,24). The van der Waals surface area contributed by atoms with Crippen molar-refractivity contribution in [2.24, 2.45) is 0 Å². The van der Waals surface area contributed by atoms with Crippen molar-refractivity contribution in [3.63, 3.8) is 0 Å². The fourth-order valence-electron chi connectivity index (χ4n) is 3.23. The van der Waals surface area contributed by atoms with E-state index in [1.807, 2.05) is 36.9 Å². The number of fused-ring (bicyclic) bond motifs is 2. The van der Waals surface area contributed by atoms with Crippen LogP contribution in [0.2, 0.25) is 0 Å². The van der Waals surface area contributed by atoms with Crippen LogP contribution < -0.4 is 5.32 Å². The number of aryl methyl sites for hydroxylation is 1. The van der Waals surface area contributed by atoms with Crippen molar-refractivity contribution in [3.05, 3.63) is 47.8 Å². The van der Waals surface area contributed by atoms with Crippen LogP contribution in [0, 0.1) is 5.82 Å². The summed E-state index contributed by atoms with van der Waals surface area (Å²) in [5, 5.41) is 3.16. The first-order valence-corrected chi connectivity index (χ1v) is 9.00. The first-order valence-electron chi connectivity index (χ1n) is 9.00. The van der Waals surface area contributed by atoms with E-state index in [2.05, 4.69) is 27.1 Å². The zero-order valence-electron chi connectivity index (χ0n) is 15.7. The van der Waals surface area contributed by atoms with E-state index in [0.29, 0.717) is 23.1 Å². The number of rotatable bonds is 6. The van der Waals surface area contributed by atoms with Crippen LogP contribution in [0.15, 0.2) is 40.8 Å². The van der Waals surface area contributed by atoms with Gasteiger partial charge in [-0.2, -0.15) is 4.98 Å². The molecule has 4 aromatic rings. The molecule has 0 bridgehead atoms. The van der Waals surface area contributed by atoms with Crippen LogP contribution in [0.3, 0.4) is 0 Å². The molecule has 0 unspecified atom stereocenters. The highest BCUT2D eigenvalue weighted by atomic mass is 19.1. The lowest BCUT2D eigenvalue weighted by Crippen LogP contribution is -2.10. The highest BCUT2D eigenvalue weighted by Gasteiger charge is 2.14. The van der Waals surface area contributed by atoms with Crippen LogP contribution in [0.25, 0.3) is 22.1 Å². The molecule has 6 nitrogen and oxygen atoms in total. The van der Waals surface area contributed by atoms with Gasteiger partial charge >= 0.3 is 6.01 Å². The minimum absolute atomic E-state index is 0.300. The predicted molar refractivity (Wildman–Crippen MR) is 105 cm³/mol. The second kappa shape index (κ2) is 7.00. The van der Waals surface area contributed by atoms with Crippen LogP contribution in [0.5, 0.6) is 0 Å². The normalized spacial score (nSPS) is 11.7. The second-order valence-electron chi connectivity index (χ2n) is 6.90. The fourth-order valence-corrected chi connectivity index (χ4v) is 3.23. The van der Waals surface area contributed by atoms with Gasteiger partial charge in [-0.3, -0.25) is 5.32 Å². The number of halogens is 1. The minimum atomic E-state index is -0.300. The van der Waals surface area contributed by atoms with Crippen molar-refractivity contribution in [3.8, 4) is 0 Å². The van der Waals surface area contributed by atoms with Gasteiger partial charge in [-0.05, 0) is 50.3 Å². The summed E-state index contributed by atoms with van der Waals surface area (Å²) >= 11 is 0. The fraction of sp³-hybridized carbons (Fsp3) is 0.300. The quantitative estimate of drug-likeness (QED) is 0.542. The summed E-state index contributed by atoms with van der Waals surface area (Å²) in [6.07, 6.45) is 0.930. The Hall–Kier alpha value is -2.93. The highest BCUT2D eigenvalue weighted by Crippen LogP contribution is 2.26. The maximum atomic E-state index is 13.6. The van der Waals surface area contributed by atoms with Gasteiger partial charge in [0.1, 0.15) is 11.3 Å². The summed E-state index contributed by atoms with van der Waals surface area (Å²) in [6, 6.07) is 11.0. The molecule has 2 heterocycles. The molecule has 0 aliphatic carbocycles. The molecule has 4 rings (SSSR count). The molecule has 27 heavy (non-hydrogen) atoms. The zero-order chi connectivity index (χ0) is 19.0. The molecule has 0 saturated heterocycles. The van der Waals surface area contributed by atoms with E-state index in [1.54, 1.807) is 6.07 Å². The number of oxazole rings is 1. The van der Waals surface area contributed by atoms with Gasteiger partial charge in [-0.25, -0.2) is 9.37 Å². The Labute approximate surface area is 156 Å². The minimum Gasteiger partial charge on any atom is -0.423 e. The second-order valence-corrected chi connectivity index (χ2v) is 6.90. The summed E-state index contributed by atoms with van der Waals surface area (Å²) in [7, 11) is 4.06. The number of hydrogen-bond donors (Lipinski definition) is 1. The first-order chi connectivity index (χ1) is 13.0. The topological polar surface area (TPSA) is 59.1 Å². The highest BCUT2D eigenvalue weighted by molar-refractivity contribution is 5.80. The van der Waals surface area contributed by atoms with Gasteiger partial charge in [0.15, 0.2) is 5.58 Å². The smallest absolute Gasteiger partial charge is 0.302 e. The molecule has 140 valence electrons. The number of imidazole rings is 1. The average molecular weight is 367 g/mol. The Bertz CT molecular complexity index is 1100. The molecule has 0 radical (unpaired) electrons. The van der Waals surface area contributed by atoms with Gasteiger partial charge < -0.3 is 13.9 Å². The average Bonchev–Trinajstić information content (AvgIpc) is 3.15. The Morgan fingerprint density at radius 2 is 1.96 bits per heavy atom. The molecule has 1 N–H and O–H groups in total. The third-order valence-corrected chi connectivity index (χ3v) is 4.33. The third-order valence-electron chi connectivity index (χ3n) is 4.33. The van der Waals surface area contributed by atoms with Crippen LogP contribution in [-0.4, -0.2) is 33.5 Å². The van der Waals surface area contributed by atoms with Crippen molar-refractivity contribution in [1.29, 1.82) is 0 Å². The van der Waals surface area contributed by atoms with E-state index in [-0.39, 0.29) is 5.82 Å². The maximum absolute atomic E-state index is 13.6. The van der Waals surface area contributed by atoms with E-state index in [1.165, 1.54) is 17.7 Å². The van der Waals surface area contributed by atoms with Gasteiger partial charge in [-0.15, -0.1) is 0 Å². The number of benzene rings is 2. The summed E-state index contributed by atoms with van der Waals surface area (Å²) in [4.78, 5) is 11.2. The molecule has 2 aromatic heterocycles. The number of hydrogen-bond acceptors (Lipinski definition) is 5. The molecule has 0 spiro atoms. The van der Waals surface area contributed by atoms with Crippen molar-refractivity contribution >= 4 is 34.1 Å². The Kier molecular flexibility index (Phi) is 4.53. The Balaban J connectivity index is 1.69. The van der Waals surface area contributed by atoms with E-state index in [9.17, 15) is 4.39 Å². The molecule has 0 fully saturated rings. The zero-order valence-corrected chi connectivity index (χ0v) is 15.7. The largest absolute Gasteiger partial charge is 0.423 e. The number of anilines is 2. The molecule has 0 aliphatic rings. The van der Waals surface area contributed by atoms with Gasteiger partial charge in [0.25, 0.3) is 0 Å². The van der Waals surface area contributed by atoms with Gasteiger partial charge in [0.2, 0.25) is 5.95 Å². The molecule has 0 aliphatic heterocycles. The summed E-state index contributed by atoms with van der Waals surface area (Å²) in [5.41, 5.74) is 4.16. The molecule has 7 heteroatoms. The van der Waals surface area contributed by atoms with Crippen molar-refractivity contribution in [2.75, 3.05) is 19.4 Å². The molecular weight excluding hydrogens is 345 g/mol. The summed E-state index contributed by atoms with van der Waals surface area (Å²) in [6.45, 7) is 3.69. The monoisotopic (exact) mass is 367 g/mol. The summed E-state index contributed by atoms with van der Waals surface area (Å²) < 4.78 is 21.4. The lowest BCUT2D eigenvalue weighted by atomic mass is 10.2. The van der Waals surface area contributed by atoms with E-state index < -0.39 is 0 Å². The van der Waals surface area contributed by atoms with Gasteiger partial charge in [0.05, 0.1) is 11.0 Å². The lowest BCUT2D eigenvalue weighted by Gasteiger charge is -2.08. The van der Waals surface area contributed by atoms with Crippen LogP contribution in [0.4, 0.5) is 16.4 Å². The molecular formula is C20H22FN5O. The number of nitrogens with one attached hydrogen (secondary N) is 1. The van der Waals surface area contributed by atoms with E-state index in [4.69, 9.17) is 4.42 Å². The third kappa shape index (κ3) is 3.50. The van der Waals surface area contributed by atoms with Crippen molar-refractivity contribution < 1.29 is 8.81 Å². The van der Waals surface area contributed by atoms with Crippen LogP contribution in [0.1, 0.15) is 18.9 Å². The number of aromatic nitrogens is 3. The van der Waals surface area contributed by atoms with Gasteiger partial charge in [0, 0.05) is 19.2 Å². The Morgan fingerprint density at radius 3 is 2.74 bits per heavy atom. The van der Waals surface area contributed by atoms with E-state index >= 15 is 0 Å². The summed E-state index contributed by atoms with van der Waals surface area (Å²) in [5.74, 6) is 0.294. The molecule has 0 atom stereocenters. The van der Waals surface area contributed by atoms with Crippen molar-refractivity contribution in [1.82, 2.24) is 19.4 Å².